The van der Waals surface area contributed by atoms with E-state index in [1.807, 2.05) is 0 Å². The van der Waals surface area contributed by atoms with Crippen LogP contribution in [0.2, 0.25) is 0 Å². The van der Waals surface area contributed by atoms with Gasteiger partial charge in [-0.25, -0.2) is 0 Å². The van der Waals surface area contributed by atoms with Gasteiger partial charge in [-0.05, 0) is 37.5 Å². The van der Waals surface area contributed by atoms with Crippen molar-refractivity contribution in [2.24, 2.45) is 11.8 Å². The van der Waals surface area contributed by atoms with Gasteiger partial charge in [0, 0.05) is 19.0 Å². The fourth-order valence-corrected chi connectivity index (χ4v) is 2.76. The molecule has 1 aliphatic heterocycles. The zero-order valence-electron chi connectivity index (χ0n) is 8.04. The Morgan fingerprint density at radius 3 is 2.15 bits per heavy atom. The molecular weight excluding hydrogens is 162 g/mol. The molecule has 13 heavy (non-hydrogen) atoms. The van der Waals surface area contributed by atoms with E-state index in [9.17, 15) is 4.79 Å². The molecule has 0 N–H and O–H groups in total. The molecule has 0 aromatic carbocycles. The van der Waals surface area contributed by atoms with Crippen molar-refractivity contribution in [3.63, 3.8) is 0 Å². The average molecular weight is 179 g/mol. The van der Waals surface area contributed by atoms with Crippen LogP contribution in [0.15, 0.2) is 0 Å². The summed E-state index contributed by atoms with van der Waals surface area (Å²) in [5.74, 6) is 2.38. The normalized spacial score (nSPS) is 30.4. The number of ketones is 1. The third kappa shape index (κ3) is 1.52. The van der Waals surface area contributed by atoms with Gasteiger partial charge in [-0.2, -0.15) is 0 Å². The predicted molar refractivity (Wildman–Crippen MR) is 50.4 cm³/mol. The highest BCUT2D eigenvalue weighted by molar-refractivity contribution is 5.82. The second kappa shape index (κ2) is 2.81. The Kier molecular flexibility index (Phi) is 1.72. The van der Waals surface area contributed by atoms with Gasteiger partial charge in [0.05, 0.1) is 6.54 Å². The van der Waals surface area contributed by atoms with Gasteiger partial charge in [0.15, 0.2) is 0 Å². The maximum Gasteiger partial charge on any atom is 0.148 e. The summed E-state index contributed by atoms with van der Waals surface area (Å²) in [5.41, 5.74) is 0. The van der Waals surface area contributed by atoms with Gasteiger partial charge in [0.2, 0.25) is 0 Å². The lowest BCUT2D eigenvalue weighted by Crippen LogP contribution is -2.36. The van der Waals surface area contributed by atoms with Gasteiger partial charge < -0.3 is 0 Å². The lowest BCUT2D eigenvalue weighted by atomic mass is 10.1. The molecule has 2 saturated carbocycles. The Balaban J connectivity index is 1.69. The first-order chi connectivity index (χ1) is 6.34. The second-order valence-corrected chi connectivity index (χ2v) is 4.92. The van der Waals surface area contributed by atoms with Crippen LogP contribution in [0.4, 0.5) is 0 Å². The molecule has 0 radical (unpaired) electrons. The molecule has 3 aliphatic rings. The van der Waals surface area contributed by atoms with Crippen LogP contribution in [0.1, 0.15) is 32.1 Å². The number of carbonyl (C=O) groups excluding carboxylic acids is 1. The third-order valence-corrected chi connectivity index (χ3v) is 3.69. The minimum absolute atomic E-state index is 0.464. The van der Waals surface area contributed by atoms with Crippen molar-refractivity contribution < 1.29 is 4.79 Å². The maximum atomic E-state index is 11.2. The fraction of sp³-hybridized carbons (Fsp3) is 0.909. The Hall–Kier alpha value is -0.370. The van der Waals surface area contributed by atoms with E-state index in [4.69, 9.17) is 0 Å². The fourth-order valence-electron chi connectivity index (χ4n) is 2.76. The van der Waals surface area contributed by atoms with Gasteiger partial charge in [-0.1, -0.05) is 0 Å². The van der Waals surface area contributed by atoms with Gasteiger partial charge in [0.1, 0.15) is 5.78 Å². The smallest absolute Gasteiger partial charge is 0.148 e. The van der Waals surface area contributed by atoms with E-state index in [0.717, 1.165) is 37.4 Å². The lowest BCUT2D eigenvalue weighted by Gasteiger charge is -2.26. The van der Waals surface area contributed by atoms with Crippen LogP contribution in [0.25, 0.3) is 0 Å². The van der Waals surface area contributed by atoms with E-state index >= 15 is 0 Å². The number of likely N-dealkylation sites (tertiary alicyclic amines) is 1. The molecule has 0 amide bonds. The number of rotatable bonds is 3. The molecule has 0 atom stereocenters. The van der Waals surface area contributed by atoms with E-state index in [0.29, 0.717) is 5.78 Å². The van der Waals surface area contributed by atoms with Crippen LogP contribution < -0.4 is 0 Å². The molecule has 1 saturated heterocycles. The number of hydrogen-bond acceptors (Lipinski definition) is 2. The average Bonchev–Trinajstić information content (AvgIpc) is 2.95. The van der Waals surface area contributed by atoms with Crippen LogP contribution in [0, 0.1) is 11.8 Å². The molecule has 2 nitrogen and oxygen atoms in total. The van der Waals surface area contributed by atoms with Gasteiger partial charge in [0.25, 0.3) is 0 Å². The van der Waals surface area contributed by atoms with Crippen LogP contribution in [-0.2, 0) is 4.79 Å². The highest BCUT2D eigenvalue weighted by Crippen LogP contribution is 2.47. The van der Waals surface area contributed by atoms with Crippen LogP contribution >= 0.6 is 0 Å². The van der Waals surface area contributed by atoms with Crippen LogP contribution in [0.5, 0.6) is 0 Å². The topological polar surface area (TPSA) is 20.3 Å². The number of Topliss-reactive ketones (excluding diaryl/α,β-unsaturated/α-hetero) is 1. The monoisotopic (exact) mass is 179 g/mol. The molecule has 2 aliphatic carbocycles. The van der Waals surface area contributed by atoms with E-state index in [-0.39, 0.29) is 0 Å². The summed E-state index contributed by atoms with van der Waals surface area (Å²) in [5, 5.41) is 0. The minimum Gasteiger partial charge on any atom is -0.298 e. The quantitative estimate of drug-likeness (QED) is 0.653. The first-order valence-electron chi connectivity index (χ1n) is 5.60. The molecule has 0 spiro atoms. The summed E-state index contributed by atoms with van der Waals surface area (Å²) in [6.45, 7) is 1.81. The van der Waals surface area contributed by atoms with Crippen molar-refractivity contribution in [1.29, 1.82) is 0 Å². The summed E-state index contributed by atoms with van der Waals surface area (Å²) in [4.78, 5) is 13.7. The van der Waals surface area contributed by atoms with Gasteiger partial charge in [-0.3, -0.25) is 9.69 Å². The molecule has 2 heteroatoms. The summed E-state index contributed by atoms with van der Waals surface area (Å²) >= 11 is 0. The Labute approximate surface area is 79.3 Å². The predicted octanol–water partition coefficient (Wildman–Crippen LogP) is 1.45. The molecule has 0 aromatic heterocycles. The standard InChI is InChI=1S/C11H17NO/c13-10-5-6-12(7-10)11(8-1-2-8)9-3-4-9/h8-9,11H,1-7H2. The van der Waals surface area contributed by atoms with Crippen molar-refractivity contribution in [1.82, 2.24) is 4.90 Å². The zero-order valence-corrected chi connectivity index (χ0v) is 8.04. The maximum absolute atomic E-state index is 11.2. The molecule has 1 heterocycles. The first-order valence-corrected chi connectivity index (χ1v) is 5.60. The Bertz CT molecular complexity index is 218. The van der Waals surface area contributed by atoms with Crippen molar-refractivity contribution in [2.45, 2.75) is 38.1 Å². The first kappa shape index (κ1) is 7.98. The van der Waals surface area contributed by atoms with Crippen LogP contribution in [-0.4, -0.2) is 29.8 Å². The van der Waals surface area contributed by atoms with Crippen molar-refractivity contribution in [2.75, 3.05) is 13.1 Å². The largest absolute Gasteiger partial charge is 0.298 e. The lowest BCUT2D eigenvalue weighted by molar-refractivity contribution is -0.117. The molecule has 72 valence electrons. The SMILES string of the molecule is O=C1CCN(C(C2CC2)C2CC2)C1. The number of hydrogen-bond donors (Lipinski definition) is 0. The summed E-state index contributed by atoms with van der Waals surface area (Å²) in [6, 6.07) is 0.798. The summed E-state index contributed by atoms with van der Waals surface area (Å²) < 4.78 is 0. The molecule has 3 fully saturated rings. The van der Waals surface area contributed by atoms with Crippen molar-refractivity contribution >= 4 is 5.78 Å². The summed E-state index contributed by atoms with van der Waals surface area (Å²) in [6.07, 6.45) is 6.51. The highest BCUT2D eigenvalue weighted by Gasteiger charge is 2.45. The number of nitrogens with zero attached hydrogens (tertiary/aromatic N) is 1. The number of carbonyl (C=O) groups is 1. The van der Waals surface area contributed by atoms with Crippen LogP contribution in [0.3, 0.4) is 0 Å². The van der Waals surface area contributed by atoms with E-state index in [2.05, 4.69) is 4.90 Å². The van der Waals surface area contributed by atoms with E-state index in [1.165, 1.54) is 25.7 Å². The Morgan fingerprint density at radius 2 is 1.77 bits per heavy atom. The molecule has 0 aromatic rings. The minimum atomic E-state index is 0.464. The molecule has 3 rings (SSSR count). The van der Waals surface area contributed by atoms with E-state index < -0.39 is 0 Å². The third-order valence-electron chi connectivity index (χ3n) is 3.69. The van der Waals surface area contributed by atoms with E-state index in [1.54, 1.807) is 0 Å². The molecule has 0 bridgehead atoms. The highest BCUT2D eigenvalue weighted by atomic mass is 16.1. The zero-order chi connectivity index (χ0) is 8.84. The van der Waals surface area contributed by atoms with Crippen molar-refractivity contribution in [3.05, 3.63) is 0 Å². The van der Waals surface area contributed by atoms with Gasteiger partial charge >= 0.3 is 0 Å². The van der Waals surface area contributed by atoms with Gasteiger partial charge in [-0.15, -0.1) is 0 Å². The Morgan fingerprint density at radius 1 is 1.15 bits per heavy atom. The second-order valence-electron chi connectivity index (χ2n) is 4.92. The summed E-state index contributed by atoms with van der Waals surface area (Å²) in [7, 11) is 0. The van der Waals surface area contributed by atoms with Crippen molar-refractivity contribution in [3.8, 4) is 0 Å². The molecule has 0 unspecified atom stereocenters. The molecular formula is C11H17NO.